The van der Waals surface area contributed by atoms with Gasteiger partial charge in [0.1, 0.15) is 5.69 Å². The molecule has 0 spiro atoms. The average molecular weight is 376 g/mol. The van der Waals surface area contributed by atoms with Gasteiger partial charge in [-0.25, -0.2) is 0 Å². The number of halogens is 2. The molecule has 0 aliphatic carbocycles. The van der Waals surface area contributed by atoms with Crippen LogP contribution >= 0.6 is 23.2 Å². The predicted molar refractivity (Wildman–Crippen MR) is 99.1 cm³/mol. The lowest BCUT2D eigenvalue weighted by molar-refractivity contribution is 0.0941. The first-order valence-electron chi connectivity index (χ1n) is 7.48. The molecule has 2 aromatic carbocycles. The number of aromatic nitrogens is 1. The number of carbonyl (C=O) groups excluding carboxylic acids is 2. The Kier molecular flexibility index (Phi) is 4.70. The Morgan fingerprint density at radius 3 is 2.56 bits per heavy atom. The van der Waals surface area contributed by atoms with Crippen LogP contribution in [0.3, 0.4) is 0 Å². The Morgan fingerprint density at radius 2 is 1.88 bits per heavy atom. The van der Waals surface area contributed by atoms with Gasteiger partial charge in [-0.15, -0.1) is 0 Å². The molecule has 128 valence electrons. The maximum atomic E-state index is 12.5. The van der Waals surface area contributed by atoms with Gasteiger partial charge in [-0.05, 0) is 35.9 Å². The van der Waals surface area contributed by atoms with Crippen LogP contribution in [0.2, 0.25) is 10.0 Å². The van der Waals surface area contributed by atoms with E-state index in [0.29, 0.717) is 10.7 Å². The molecule has 1 aromatic heterocycles. The van der Waals surface area contributed by atoms with Crippen molar-refractivity contribution in [3.05, 3.63) is 69.3 Å². The molecule has 0 fully saturated rings. The third-order valence-corrected chi connectivity index (χ3v) is 4.54. The predicted octanol–water partition coefficient (Wildman–Crippen LogP) is 3.51. The largest absolute Gasteiger partial charge is 0.366 e. The van der Waals surface area contributed by atoms with E-state index < -0.39 is 5.91 Å². The maximum Gasteiger partial charge on any atom is 0.268 e. The molecule has 5 nitrogen and oxygen atoms in total. The van der Waals surface area contributed by atoms with Crippen LogP contribution in [0.25, 0.3) is 10.9 Å². The van der Waals surface area contributed by atoms with E-state index >= 15 is 0 Å². The van der Waals surface area contributed by atoms with E-state index in [-0.39, 0.29) is 23.0 Å². The van der Waals surface area contributed by atoms with Gasteiger partial charge < -0.3 is 15.6 Å². The van der Waals surface area contributed by atoms with Crippen molar-refractivity contribution in [1.82, 2.24) is 9.88 Å². The second-order valence-corrected chi connectivity index (χ2v) is 6.50. The number of aryl methyl sites for hydroxylation is 1. The molecule has 0 aliphatic heterocycles. The molecular formula is C18H15Cl2N3O2. The Labute approximate surface area is 154 Å². The van der Waals surface area contributed by atoms with Crippen molar-refractivity contribution >= 4 is 45.9 Å². The zero-order valence-electron chi connectivity index (χ0n) is 13.3. The average Bonchev–Trinajstić information content (AvgIpc) is 2.89. The van der Waals surface area contributed by atoms with Gasteiger partial charge in [-0.1, -0.05) is 35.3 Å². The second-order valence-electron chi connectivity index (χ2n) is 5.65. The number of amides is 2. The summed E-state index contributed by atoms with van der Waals surface area (Å²) < 4.78 is 1.79. The minimum absolute atomic E-state index is 0.218. The topological polar surface area (TPSA) is 77.1 Å². The van der Waals surface area contributed by atoms with Crippen LogP contribution in [-0.2, 0) is 13.6 Å². The normalized spacial score (nSPS) is 10.8. The van der Waals surface area contributed by atoms with Crippen molar-refractivity contribution in [3.8, 4) is 0 Å². The fourth-order valence-electron chi connectivity index (χ4n) is 2.66. The highest BCUT2D eigenvalue weighted by molar-refractivity contribution is 6.33. The van der Waals surface area contributed by atoms with Crippen LogP contribution in [0.4, 0.5) is 0 Å². The summed E-state index contributed by atoms with van der Waals surface area (Å²) in [7, 11) is 1.81. The highest BCUT2D eigenvalue weighted by Crippen LogP contribution is 2.23. The van der Waals surface area contributed by atoms with Crippen LogP contribution in [0, 0.1) is 0 Å². The van der Waals surface area contributed by atoms with Crippen molar-refractivity contribution in [2.75, 3.05) is 0 Å². The van der Waals surface area contributed by atoms with E-state index in [1.54, 1.807) is 28.8 Å². The fraction of sp³-hybridized carbons (Fsp3) is 0.111. The molecule has 0 bridgehead atoms. The monoisotopic (exact) mass is 375 g/mol. The lowest BCUT2D eigenvalue weighted by Crippen LogP contribution is -2.25. The van der Waals surface area contributed by atoms with Crippen LogP contribution < -0.4 is 11.1 Å². The van der Waals surface area contributed by atoms with E-state index in [9.17, 15) is 9.59 Å². The maximum absolute atomic E-state index is 12.5. The molecule has 3 rings (SSSR count). The van der Waals surface area contributed by atoms with Crippen molar-refractivity contribution in [2.45, 2.75) is 6.54 Å². The zero-order chi connectivity index (χ0) is 18.1. The number of hydrogen-bond donors (Lipinski definition) is 2. The number of primary amides is 1. The van der Waals surface area contributed by atoms with E-state index in [0.717, 1.165) is 16.5 Å². The molecule has 0 aliphatic rings. The molecule has 0 atom stereocenters. The third-order valence-electron chi connectivity index (χ3n) is 3.99. The number of nitrogens with two attached hydrogens (primary N) is 1. The van der Waals surface area contributed by atoms with E-state index in [1.807, 2.05) is 25.2 Å². The molecule has 0 unspecified atom stereocenters. The van der Waals surface area contributed by atoms with Gasteiger partial charge in [0.15, 0.2) is 0 Å². The summed E-state index contributed by atoms with van der Waals surface area (Å²) in [4.78, 5) is 23.7. The van der Waals surface area contributed by atoms with Crippen molar-refractivity contribution in [3.63, 3.8) is 0 Å². The minimum atomic E-state index is -0.588. The zero-order valence-corrected chi connectivity index (χ0v) is 14.9. The van der Waals surface area contributed by atoms with Gasteiger partial charge in [-0.2, -0.15) is 0 Å². The van der Waals surface area contributed by atoms with Gasteiger partial charge >= 0.3 is 0 Å². The van der Waals surface area contributed by atoms with Gasteiger partial charge in [0.2, 0.25) is 5.91 Å². The molecule has 0 saturated carbocycles. The Balaban J connectivity index is 1.78. The quantitative estimate of drug-likeness (QED) is 0.731. The van der Waals surface area contributed by atoms with Crippen LogP contribution in [0.15, 0.2) is 42.5 Å². The van der Waals surface area contributed by atoms with E-state index in [2.05, 4.69) is 5.32 Å². The minimum Gasteiger partial charge on any atom is -0.366 e. The fourth-order valence-corrected chi connectivity index (χ4v) is 3.13. The van der Waals surface area contributed by atoms with E-state index in [1.165, 1.54) is 0 Å². The Hall–Kier alpha value is -2.50. The number of nitrogens with zero attached hydrogens (tertiary/aromatic N) is 1. The number of nitrogens with one attached hydrogen (secondary N) is 1. The summed E-state index contributed by atoms with van der Waals surface area (Å²) in [6, 6.07) is 12.1. The molecule has 3 aromatic rings. The van der Waals surface area contributed by atoms with Gasteiger partial charge in [0, 0.05) is 29.5 Å². The summed E-state index contributed by atoms with van der Waals surface area (Å²) in [5.74, 6) is -0.806. The SMILES string of the molecule is Cn1c(C(=O)NCc2ccc(C(N)=O)c(Cl)c2)cc2ccc(Cl)cc21. The molecule has 0 radical (unpaired) electrons. The standard InChI is InChI=1S/C18H15Cl2N3O2/c1-23-15-8-12(19)4-3-11(15)7-16(23)18(25)22-9-10-2-5-13(17(21)24)14(20)6-10/h2-8H,9H2,1H3,(H2,21,24)(H,22,25). The summed E-state index contributed by atoms with van der Waals surface area (Å²) in [5.41, 5.74) is 7.65. The lowest BCUT2D eigenvalue weighted by Gasteiger charge is -2.08. The molecule has 7 heteroatoms. The lowest BCUT2D eigenvalue weighted by atomic mass is 10.1. The van der Waals surface area contributed by atoms with Crippen LogP contribution in [0.5, 0.6) is 0 Å². The smallest absolute Gasteiger partial charge is 0.268 e. The number of rotatable bonds is 4. The van der Waals surface area contributed by atoms with Crippen molar-refractivity contribution in [2.24, 2.45) is 12.8 Å². The summed E-state index contributed by atoms with van der Waals surface area (Å²) >= 11 is 12.0. The number of carbonyl (C=O) groups is 2. The molecule has 25 heavy (non-hydrogen) atoms. The Bertz CT molecular complexity index is 995. The van der Waals surface area contributed by atoms with Crippen molar-refractivity contribution < 1.29 is 9.59 Å². The first-order chi connectivity index (χ1) is 11.9. The third kappa shape index (κ3) is 3.48. The number of fused-ring (bicyclic) bond motifs is 1. The van der Waals surface area contributed by atoms with Gasteiger partial charge in [0.25, 0.3) is 5.91 Å². The first-order valence-corrected chi connectivity index (χ1v) is 8.24. The van der Waals surface area contributed by atoms with E-state index in [4.69, 9.17) is 28.9 Å². The van der Waals surface area contributed by atoms with Crippen LogP contribution in [0.1, 0.15) is 26.4 Å². The number of benzene rings is 2. The summed E-state index contributed by atoms with van der Waals surface area (Å²) in [5, 5.41) is 4.65. The molecular weight excluding hydrogens is 361 g/mol. The Morgan fingerprint density at radius 1 is 1.12 bits per heavy atom. The summed E-state index contributed by atoms with van der Waals surface area (Å²) in [6.45, 7) is 0.278. The molecule has 3 N–H and O–H groups in total. The summed E-state index contributed by atoms with van der Waals surface area (Å²) in [6.07, 6.45) is 0. The highest BCUT2D eigenvalue weighted by Gasteiger charge is 2.14. The van der Waals surface area contributed by atoms with Crippen molar-refractivity contribution in [1.29, 1.82) is 0 Å². The van der Waals surface area contributed by atoms with Crippen LogP contribution in [-0.4, -0.2) is 16.4 Å². The van der Waals surface area contributed by atoms with Gasteiger partial charge in [-0.3, -0.25) is 9.59 Å². The number of hydrogen-bond acceptors (Lipinski definition) is 2. The molecule has 2 amide bonds. The molecule has 1 heterocycles. The highest BCUT2D eigenvalue weighted by atomic mass is 35.5. The second kappa shape index (κ2) is 6.78. The molecule has 0 saturated heterocycles. The van der Waals surface area contributed by atoms with Gasteiger partial charge in [0.05, 0.1) is 10.6 Å². The first kappa shape index (κ1) is 17.3.